The van der Waals surface area contributed by atoms with Crippen molar-refractivity contribution < 1.29 is 4.39 Å². The van der Waals surface area contributed by atoms with Crippen molar-refractivity contribution in [3.8, 4) is 0 Å². The molecule has 112 valence electrons. The number of anilines is 1. The fraction of sp³-hybridized carbons (Fsp3) is 0.250. The van der Waals surface area contributed by atoms with Crippen LogP contribution < -0.4 is 16.2 Å². The van der Waals surface area contributed by atoms with E-state index in [-0.39, 0.29) is 11.9 Å². The van der Waals surface area contributed by atoms with Crippen molar-refractivity contribution in [1.29, 1.82) is 0 Å². The van der Waals surface area contributed by atoms with E-state index in [1.165, 1.54) is 6.07 Å². The Labute approximate surface area is 133 Å². The second kappa shape index (κ2) is 7.02. The number of rotatable bonds is 5. The molecule has 2 aromatic carbocycles. The van der Waals surface area contributed by atoms with Crippen LogP contribution in [0.15, 0.2) is 46.9 Å². The van der Waals surface area contributed by atoms with Gasteiger partial charge in [0.25, 0.3) is 0 Å². The Balaban J connectivity index is 2.21. The summed E-state index contributed by atoms with van der Waals surface area (Å²) in [6.45, 7) is 0. The summed E-state index contributed by atoms with van der Waals surface area (Å²) in [5, 5.41) is 0. The van der Waals surface area contributed by atoms with Crippen LogP contribution in [0.3, 0.4) is 0 Å². The zero-order chi connectivity index (χ0) is 15.4. The quantitative estimate of drug-likeness (QED) is 0.640. The largest absolute Gasteiger partial charge is 0.378 e. The third-order valence-electron chi connectivity index (χ3n) is 3.44. The van der Waals surface area contributed by atoms with Crippen molar-refractivity contribution in [2.45, 2.75) is 12.5 Å². The first-order chi connectivity index (χ1) is 10.0. The molecule has 0 aromatic heterocycles. The summed E-state index contributed by atoms with van der Waals surface area (Å²) in [5.74, 6) is 5.42. The number of benzene rings is 2. The maximum atomic E-state index is 13.9. The molecule has 0 aliphatic carbocycles. The molecular formula is C16H19BrFN3. The molecule has 0 fully saturated rings. The van der Waals surface area contributed by atoms with Crippen LogP contribution >= 0.6 is 15.9 Å². The minimum absolute atomic E-state index is 0.134. The number of hydrogen-bond donors (Lipinski definition) is 2. The van der Waals surface area contributed by atoms with Crippen LogP contribution in [0.25, 0.3) is 0 Å². The Morgan fingerprint density at radius 2 is 1.86 bits per heavy atom. The zero-order valence-electron chi connectivity index (χ0n) is 12.1. The van der Waals surface area contributed by atoms with E-state index in [9.17, 15) is 4.39 Å². The Bertz CT molecular complexity index is 599. The minimum Gasteiger partial charge on any atom is -0.378 e. The van der Waals surface area contributed by atoms with Gasteiger partial charge in [-0.05, 0) is 47.9 Å². The maximum absolute atomic E-state index is 13.9. The Kier molecular flexibility index (Phi) is 5.33. The van der Waals surface area contributed by atoms with Gasteiger partial charge in [-0.25, -0.2) is 4.39 Å². The molecule has 1 atom stereocenters. The Morgan fingerprint density at radius 1 is 1.19 bits per heavy atom. The molecule has 3 N–H and O–H groups in total. The van der Waals surface area contributed by atoms with Crippen molar-refractivity contribution in [1.82, 2.24) is 5.43 Å². The van der Waals surface area contributed by atoms with Crippen molar-refractivity contribution in [3.05, 3.63) is 63.9 Å². The first-order valence-corrected chi connectivity index (χ1v) is 7.48. The van der Waals surface area contributed by atoms with Crippen LogP contribution in [-0.4, -0.2) is 14.1 Å². The van der Waals surface area contributed by atoms with Gasteiger partial charge in [0.05, 0.1) is 6.04 Å². The van der Waals surface area contributed by atoms with Gasteiger partial charge in [0.1, 0.15) is 5.82 Å². The van der Waals surface area contributed by atoms with Gasteiger partial charge in [0, 0.05) is 24.3 Å². The normalized spacial score (nSPS) is 12.2. The summed E-state index contributed by atoms with van der Waals surface area (Å²) in [4.78, 5) is 2.03. The maximum Gasteiger partial charge on any atom is 0.126 e. The number of halogens is 2. The highest BCUT2D eigenvalue weighted by Crippen LogP contribution is 2.24. The Hall–Kier alpha value is -1.43. The van der Waals surface area contributed by atoms with E-state index in [1.807, 2.05) is 43.3 Å². The highest BCUT2D eigenvalue weighted by Gasteiger charge is 2.14. The molecule has 0 amide bonds. The summed E-state index contributed by atoms with van der Waals surface area (Å²) in [6, 6.07) is 12.9. The highest BCUT2D eigenvalue weighted by atomic mass is 79.9. The molecule has 21 heavy (non-hydrogen) atoms. The van der Waals surface area contributed by atoms with Crippen molar-refractivity contribution >= 4 is 21.6 Å². The summed E-state index contributed by atoms with van der Waals surface area (Å²) in [6.07, 6.45) is 0.489. The van der Waals surface area contributed by atoms with E-state index in [4.69, 9.17) is 5.84 Å². The van der Waals surface area contributed by atoms with Crippen LogP contribution in [-0.2, 0) is 6.42 Å². The highest BCUT2D eigenvalue weighted by molar-refractivity contribution is 9.10. The first kappa shape index (κ1) is 15.9. The van der Waals surface area contributed by atoms with Crippen molar-refractivity contribution in [2.75, 3.05) is 19.0 Å². The standard InChI is InChI=1S/C16H19BrFN3/c1-21(2)14-6-3-11(4-7-14)16(20-19)10-12-9-13(17)5-8-15(12)18/h3-9,16,20H,10,19H2,1-2H3. The fourth-order valence-electron chi connectivity index (χ4n) is 2.20. The van der Waals surface area contributed by atoms with Gasteiger partial charge in [0.15, 0.2) is 0 Å². The summed E-state index contributed by atoms with van der Waals surface area (Å²) >= 11 is 3.37. The SMILES string of the molecule is CN(C)c1ccc(C(Cc2cc(Br)ccc2F)NN)cc1. The molecule has 0 aliphatic heterocycles. The molecule has 1 unspecified atom stereocenters. The van der Waals surface area contributed by atoms with Crippen LogP contribution in [0, 0.1) is 5.82 Å². The average Bonchev–Trinajstić information content (AvgIpc) is 2.48. The van der Waals surface area contributed by atoms with E-state index in [0.717, 1.165) is 15.7 Å². The molecule has 0 radical (unpaired) electrons. The zero-order valence-corrected chi connectivity index (χ0v) is 13.7. The summed E-state index contributed by atoms with van der Waals surface area (Å²) in [7, 11) is 3.98. The van der Waals surface area contributed by atoms with Gasteiger partial charge in [-0.2, -0.15) is 0 Å². The molecule has 0 saturated carbocycles. The summed E-state index contributed by atoms with van der Waals surface area (Å²) < 4.78 is 14.7. The molecule has 0 spiro atoms. The third kappa shape index (κ3) is 4.03. The molecule has 0 bridgehead atoms. The molecule has 5 heteroatoms. The van der Waals surface area contributed by atoms with E-state index in [1.54, 1.807) is 12.1 Å². The second-order valence-electron chi connectivity index (χ2n) is 5.15. The van der Waals surface area contributed by atoms with Gasteiger partial charge < -0.3 is 4.90 Å². The Morgan fingerprint density at radius 3 is 2.43 bits per heavy atom. The molecule has 0 heterocycles. The minimum atomic E-state index is -0.219. The molecule has 2 rings (SSSR count). The van der Waals surface area contributed by atoms with Gasteiger partial charge >= 0.3 is 0 Å². The van der Waals surface area contributed by atoms with Gasteiger partial charge in [-0.1, -0.05) is 28.1 Å². The van der Waals surface area contributed by atoms with Gasteiger partial charge in [-0.15, -0.1) is 0 Å². The molecule has 3 nitrogen and oxygen atoms in total. The van der Waals surface area contributed by atoms with E-state index in [0.29, 0.717) is 12.0 Å². The van der Waals surface area contributed by atoms with Crippen LogP contribution in [0.4, 0.5) is 10.1 Å². The third-order valence-corrected chi connectivity index (χ3v) is 3.94. The lowest BCUT2D eigenvalue weighted by atomic mass is 9.99. The first-order valence-electron chi connectivity index (χ1n) is 6.68. The van der Waals surface area contributed by atoms with Gasteiger partial charge in [0.2, 0.25) is 0 Å². The van der Waals surface area contributed by atoms with E-state index in [2.05, 4.69) is 21.4 Å². The van der Waals surface area contributed by atoms with E-state index < -0.39 is 0 Å². The lowest BCUT2D eigenvalue weighted by Crippen LogP contribution is -2.29. The van der Waals surface area contributed by atoms with Crippen LogP contribution in [0.2, 0.25) is 0 Å². The number of nitrogens with zero attached hydrogens (tertiary/aromatic N) is 1. The lowest BCUT2D eigenvalue weighted by Gasteiger charge is -2.19. The number of nitrogens with two attached hydrogens (primary N) is 1. The van der Waals surface area contributed by atoms with Crippen molar-refractivity contribution in [3.63, 3.8) is 0 Å². The number of hydrazine groups is 1. The predicted octanol–water partition coefficient (Wildman–Crippen LogP) is 3.40. The average molecular weight is 352 g/mol. The second-order valence-corrected chi connectivity index (χ2v) is 6.06. The fourth-order valence-corrected chi connectivity index (χ4v) is 2.61. The number of hydrogen-bond acceptors (Lipinski definition) is 3. The molecule has 2 aromatic rings. The van der Waals surface area contributed by atoms with E-state index >= 15 is 0 Å². The predicted molar refractivity (Wildman–Crippen MR) is 88.6 cm³/mol. The number of nitrogens with one attached hydrogen (secondary N) is 1. The van der Waals surface area contributed by atoms with Gasteiger partial charge in [-0.3, -0.25) is 11.3 Å². The topological polar surface area (TPSA) is 41.3 Å². The lowest BCUT2D eigenvalue weighted by molar-refractivity contribution is 0.529. The molecule has 0 aliphatic rings. The molecule has 0 saturated heterocycles. The summed E-state index contributed by atoms with van der Waals surface area (Å²) in [5.41, 5.74) is 5.54. The van der Waals surface area contributed by atoms with Crippen LogP contribution in [0.5, 0.6) is 0 Å². The van der Waals surface area contributed by atoms with Crippen LogP contribution in [0.1, 0.15) is 17.2 Å². The monoisotopic (exact) mass is 351 g/mol. The smallest absolute Gasteiger partial charge is 0.126 e. The van der Waals surface area contributed by atoms with Crippen molar-refractivity contribution in [2.24, 2.45) is 5.84 Å². The molecular weight excluding hydrogens is 333 g/mol.